The number of halogens is 2. The summed E-state index contributed by atoms with van der Waals surface area (Å²) in [4.78, 5) is 0. The summed E-state index contributed by atoms with van der Waals surface area (Å²) in [6.07, 6.45) is -0.787. The van der Waals surface area contributed by atoms with Crippen LogP contribution in [0, 0.1) is 11.6 Å². The molecule has 1 unspecified atom stereocenters. The average molecular weight is 187 g/mol. The summed E-state index contributed by atoms with van der Waals surface area (Å²) < 4.78 is 25.2. The molecule has 0 aliphatic heterocycles. The predicted molar refractivity (Wildman–Crippen MR) is 45.0 cm³/mol. The highest BCUT2D eigenvalue weighted by molar-refractivity contribution is 5.21. The van der Waals surface area contributed by atoms with Gasteiger partial charge >= 0.3 is 0 Å². The van der Waals surface area contributed by atoms with Gasteiger partial charge in [-0.3, -0.25) is 0 Å². The van der Waals surface area contributed by atoms with Crippen LogP contribution in [0.5, 0.6) is 0 Å². The SMILES string of the molecule is CC(O)[C@@H](N)c1ccc(F)c(F)c1. The first-order valence-corrected chi connectivity index (χ1v) is 3.91. The van der Waals surface area contributed by atoms with Crippen LogP contribution in [0.2, 0.25) is 0 Å². The van der Waals surface area contributed by atoms with E-state index in [9.17, 15) is 8.78 Å². The topological polar surface area (TPSA) is 46.2 Å². The molecule has 13 heavy (non-hydrogen) atoms. The minimum Gasteiger partial charge on any atom is -0.391 e. The van der Waals surface area contributed by atoms with E-state index in [1.54, 1.807) is 0 Å². The number of rotatable bonds is 2. The van der Waals surface area contributed by atoms with E-state index in [-0.39, 0.29) is 0 Å². The molecule has 2 atom stereocenters. The second kappa shape index (κ2) is 3.81. The molecular formula is C9H11F2NO. The summed E-state index contributed by atoms with van der Waals surface area (Å²) in [6, 6.07) is 2.66. The van der Waals surface area contributed by atoms with Crippen LogP contribution in [0.4, 0.5) is 8.78 Å². The number of benzene rings is 1. The van der Waals surface area contributed by atoms with Crippen LogP contribution in [-0.4, -0.2) is 11.2 Å². The Balaban J connectivity index is 2.97. The maximum Gasteiger partial charge on any atom is 0.159 e. The number of hydrogen-bond donors (Lipinski definition) is 2. The van der Waals surface area contributed by atoms with Crippen molar-refractivity contribution in [3.8, 4) is 0 Å². The van der Waals surface area contributed by atoms with E-state index in [2.05, 4.69) is 0 Å². The Bertz CT molecular complexity index is 302. The van der Waals surface area contributed by atoms with Gasteiger partial charge in [0.2, 0.25) is 0 Å². The highest BCUT2D eigenvalue weighted by Gasteiger charge is 2.13. The van der Waals surface area contributed by atoms with E-state index in [0.29, 0.717) is 5.56 Å². The molecule has 0 amide bonds. The molecule has 72 valence electrons. The fraction of sp³-hybridized carbons (Fsp3) is 0.333. The van der Waals surface area contributed by atoms with E-state index < -0.39 is 23.8 Å². The quantitative estimate of drug-likeness (QED) is 0.734. The molecule has 1 rings (SSSR count). The smallest absolute Gasteiger partial charge is 0.159 e. The summed E-state index contributed by atoms with van der Waals surface area (Å²) in [5.41, 5.74) is 5.90. The van der Waals surface area contributed by atoms with Crippen molar-refractivity contribution in [2.24, 2.45) is 5.73 Å². The van der Waals surface area contributed by atoms with Crippen LogP contribution in [0.3, 0.4) is 0 Å². The summed E-state index contributed by atoms with van der Waals surface area (Å²) in [7, 11) is 0. The first-order chi connectivity index (χ1) is 6.02. The first kappa shape index (κ1) is 10.1. The van der Waals surface area contributed by atoms with Gasteiger partial charge in [-0.05, 0) is 24.6 Å². The third-order valence-electron chi connectivity index (χ3n) is 1.85. The summed E-state index contributed by atoms with van der Waals surface area (Å²) in [5.74, 6) is -1.87. The Kier molecular flexibility index (Phi) is 2.95. The predicted octanol–water partition coefficient (Wildman–Crippen LogP) is 1.35. The zero-order chi connectivity index (χ0) is 10.0. The van der Waals surface area contributed by atoms with Crippen LogP contribution in [-0.2, 0) is 0 Å². The van der Waals surface area contributed by atoms with E-state index >= 15 is 0 Å². The fourth-order valence-electron chi connectivity index (χ4n) is 0.998. The van der Waals surface area contributed by atoms with Gasteiger partial charge in [0.05, 0.1) is 12.1 Å². The lowest BCUT2D eigenvalue weighted by atomic mass is 10.0. The highest BCUT2D eigenvalue weighted by Crippen LogP contribution is 2.16. The molecule has 2 nitrogen and oxygen atoms in total. The van der Waals surface area contributed by atoms with Crippen LogP contribution >= 0.6 is 0 Å². The van der Waals surface area contributed by atoms with Gasteiger partial charge in [-0.15, -0.1) is 0 Å². The maximum absolute atomic E-state index is 12.7. The summed E-state index contributed by atoms with van der Waals surface area (Å²) >= 11 is 0. The standard InChI is InChI=1S/C9H11F2NO/c1-5(13)9(12)6-2-3-7(10)8(11)4-6/h2-5,9,13H,12H2,1H3/t5?,9-/m1/s1. The Morgan fingerprint density at radius 1 is 1.31 bits per heavy atom. The monoisotopic (exact) mass is 187 g/mol. The van der Waals surface area contributed by atoms with Crippen LogP contribution in [0.1, 0.15) is 18.5 Å². The van der Waals surface area contributed by atoms with E-state index in [0.717, 1.165) is 12.1 Å². The van der Waals surface area contributed by atoms with Gasteiger partial charge in [0.15, 0.2) is 11.6 Å². The summed E-state index contributed by atoms with van der Waals surface area (Å²) in [5, 5.41) is 9.09. The van der Waals surface area contributed by atoms with Crippen LogP contribution in [0.25, 0.3) is 0 Å². The number of aliphatic hydroxyl groups is 1. The average Bonchev–Trinajstić information content (AvgIpc) is 2.08. The number of hydrogen-bond acceptors (Lipinski definition) is 2. The maximum atomic E-state index is 12.7. The normalized spacial score (nSPS) is 15.5. The van der Waals surface area contributed by atoms with E-state index in [1.807, 2.05) is 0 Å². The van der Waals surface area contributed by atoms with Gasteiger partial charge < -0.3 is 10.8 Å². The Hall–Kier alpha value is -1.00. The Morgan fingerprint density at radius 3 is 2.38 bits per heavy atom. The van der Waals surface area contributed by atoms with E-state index in [4.69, 9.17) is 10.8 Å². The summed E-state index contributed by atoms with van der Waals surface area (Å²) in [6.45, 7) is 1.49. The second-order valence-electron chi connectivity index (χ2n) is 2.94. The van der Waals surface area contributed by atoms with Gasteiger partial charge in [0.1, 0.15) is 0 Å². The van der Waals surface area contributed by atoms with Crippen molar-refractivity contribution >= 4 is 0 Å². The van der Waals surface area contributed by atoms with Crippen molar-refractivity contribution < 1.29 is 13.9 Å². The fourth-order valence-corrected chi connectivity index (χ4v) is 0.998. The molecule has 0 heterocycles. The van der Waals surface area contributed by atoms with Crippen molar-refractivity contribution in [2.45, 2.75) is 19.1 Å². The van der Waals surface area contributed by atoms with Gasteiger partial charge in [-0.25, -0.2) is 8.78 Å². The van der Waals surface area contributed by atoms with E-state index in [1.165, 1.54) is 13.0 Å². The van der Waals surface area contributed by atoms with Crippen molar-refractivity contribution in [1.82, 2.24) is 0 Å². The van der Waals surface area contributed by atoms with Gasteiger partial charge in [-0.1, -0.05) is 6.07 Å². The molecule has 0 bridgehead atoms. The molecule has 0 spiro atoms. The second-order valence-corrected chi connectivity index (χ2v) is 2.94. The third-order valence-corrected chi connectivity index (χ3v) is 1.85. The van der Waals surface area contributed by atoms with Gasteiger partial charge in [0.25, 0.3) is 0 Å². The number of nitrogens with two attached hydrogens (primary N) is 1. The molecule has 0 aliphatic carbocycles. The third kappa shape index (κ3) is 2.23. The lowest BCUT2D eigenvalue weighted by Gasteiger charge is -2.14. The van der Waals surface area contributed by atoms with Gasteiger partial charge in [0, 0.05) is 0 Å². The van der Waals surface area contributed by atoms with Gasteiger partial charge in [-0.2, -0.15) is 0 Å². The minimum absolute atomic E-state index is 0.383. The first-order valence-electron chi connectivity index (χ1n) is 3.91. The molecular weight excluding hydrogens is 176 g/mol. The largest absolute Gasteiger partial charge is 0.391 e. The molecule has 0 aromatic heterocycles. The number of aliphatic hydroxyl groups excluding tert-OH is 1. The lowest BCUT2D eigenvalue weighted by Crippen LogP contribution is -2.23. The highest BCUT2D eigenvalue weighted by atomic mass is 19.2. The molecule has 0 saturated heterocycles. The van der Waals surface area contributed by atoms with Crippen LogP contribution in [0.15, 0.2) is 18.2 Å². The Morgan fingerprint density at radius 2 is 1.92 bits per heavy atom. The molecule has 3 N–H and O–H groups in total. The molecule has 1 aromatic rings. The van der Waals surface area contributed by atoms with Crippen LogP contribution < -0.4 is 5.73 Å². The zero-order valence-corrected chi connectivity index (χ0v) is 7.17. The zero-order valence-electron chi connectivity index (χ0n) is 7.17. The Labute approximate surface area is 75.0 Å². The molecule has 0 aliphatic rings. The van der Waals surface area contributed by atoms with Crippen molar-refractivity contribution in [3.63, 3.8) is 0 Å². The van der Waals surface area contributed by atoms with Crippen molar-refractivity contribution in [2.75, 3.05) is 0 Å². The van der Waals surface area contributed by atoms with Crippen molar-refractivity contribution in [3.05, 3.63) is 35.4 Å². The molecule has 4 heteroatoms. The molecule has 0 radical (unpaired) electrons. The molecule has 1 aromatic carbocycles. The van der Waals surface area contributed by atoms with Crippen molar-refractivity contribution in [1.29, 1.82) is 0 Å². The molecule has 0 saturated carbocycles. The minimum atomic E-state index is -0.950. The lowest BCUT2D eigenvalue weighted by molar-refractivity contribution is 0.164. The molecule has 0 fully saturated rings.